The van der Waals surface area contributed by atoms with Crippen molar-refractivity contribution in [3.8, 4) is 23.6 Å². The molecule has 4 nitrogen and oxygen atoms in total. The smallest absolute Gasteiger partial charge is 0.133 e. The molecule has 1 aromatic rings. The zero-order valence-corrected chi connectivity index (χ0v) is 13.7. The van der Waals surface area contributed by atoms with Crippen LogP contribution in [0.1, 0.15) is 17.9 Å². The lowest BCUT2D eigenvalue weighted by Crippen LogP contribution is -2.19. The molecule has 120 valence electrons. The van der Waals surface area contributed by atoms with Crippen LogP contribution in [-0.4, -0.2) is 14.2 Å². The van der Waals surface area contributed by atoms with Crippen molar-refractivity contribution in [3.63, 3.8) is 0 Å². The van der Waals surface area contributed by atoms with Crippen LogP contribution < -0.4 is 9.47 Å². The van der Waals surface area contributed by atoms with Gasteiger partial charge in [0.05, 0.1) is 14.2 Å². The summed E-state index contributed by atoms with van der Waals surface area (Å²) in [5.74, 6) is 1.97. The van der Waals surface area contributed by atoms with Crippen molar-refractivity contribution in [2.24, 2.45) is 11.8 Å². The molecule has 0 amide bonds. The van der Waals surface area contributed by atoms with E-state index >= 15 is 0 Å². The normalized spacial score (nSPS) is 24.0. The first-order chi connectivity index (χ1) is 11.7. The van der Waals surface area contributed by atoms with Gasteiger partial charge in [0.25, 0.3) is 0 Å². The lowest BCUT2D eigenvalue weighted by molar-refractivity contribution is 0.379. The number of allylic oxidation sites excluding steroid dienone is 6. The molecule has 0 fully saturated rings. The molecule has 0 spiro atoms. The average molecular weight is 318 g/mol. The Hall–Kier alpha value is -2.98. The highest BCUT2D eigenvalue weighted by atomic mass is 16.5. The molecule has 0 aromatic heterocycles. The molecule has 4 rings (SSSR count). The Morgan fingerprint density at radius 1 is 1.08 bits per heavy atom. The van der Waals surface area contributed by atoms with E-state index in [2.05, 4.69) is 18.2 Å². The molecule has 3 unspecified atom stereocenters. The van der Waals surface area contributed by atoms with Gasteiger partial charge in [-0.15, -0.1) is 0 Å². The molecule has 3 aliphatic rings. The molecule has 0 radical (unpaired) electrons. The number of nitriles is 2. The van der Waals surface area contributed by atoms with E-state index in [-0.39, 0.29) is 17.4 Å². The van der Waals surface area contributed by atoms with Gasteiger partial charge in [0.15, 0.2) is 0 Å². The SMILES string of the molecule is COc1ccc(C2CC3C=CC(=C(C#N)C#N)C2C=C3)c(OC)c1. The Bertz CT molecular complexity index is 805. The zero-order valence-electron chi connectivity index (χ0n) is 13.7. The van der Waals surface area contributed by atoms with E-state index in [1.807, 2.05) is 36.4 Å². The molecule has 4 heteroatoms. The third-order valence-corrected chi connectivity index (χ3v) is 4.76. The largest absolute Gasteiger partial charge is 0.497 e. The maximum atomic E-state index is 9.29. The van der Waals surface area contributed by atoms with Crippen LogP contribution in [0.15, 0.2) is 53.6 Å². The van der Waals surface area contributed by atoms with Gasteiger partial charge in [-0.2, -0.15) is 10.5 Å². The molecular weight excluding hydrogens is 300 g/mol. The first kappa shape index (κ1) is 15.9. The van der Waals surface area contributed by atoms with E-state index in [1.54, 1.807) is 14.2 Å². The van der Waals surface area contributed by atoms with Crippen molar-refractivity contribution in [1.82, 2.24) is 0 Å². The Kier molecular flexibility index (Phi) is 4.40. The highest BCUT2D eigenvalue weighted by Crippen LogP contribution is 2.47. The summed E-state index contributed by atoms with van der Waals surface area (Å²) < 4.78 is 10.8. The quantitative estimate of drug-likeness (QED) is 0.626. The van der Waals surface area contributed by atoms with Gasteiger partial charge in [0.1, 0.15) is 29.2 Å². The summed E-state index contributed by atoms with van der Waals surface area (Å²) in [5.41, 5.74) is 2.05. The van der Waals surface area contributed by atoms with Gasteiger partial charge in [-0.3, -0.25) is 0 Å². The van der Waals surface area contributed by atoms with Gasteiger partial charge in [-0.05, 0) is 35.5 Å². The van der Waals surface area contributed by atoms with Gasteiger partial charge in [0, 0.05) is 12.0 Å². The van der Waals surface area contributed by atoms with Gasteiger partial charge in [0.2, 0.25) is 0 Å². The van der Waals surface area contributed by atoms with Crippen molar-refractivity contribution in [2.45, 2.75) is 12.3 Å². The summed E-state index contributed by atoms with van der Waals surface area (Å²) in [6.07, 6.45) is 9.22. The van der Waals surface area contributed by atoms with Crippen LogP contribution in [-0.2, 0) is 0 Å². The Labute approximate surface area is 141 Å². The van der Waals surface area contributed by atoms with Crippen molar-refractivity contribution in [1.29, 1.82) is 10.5 Å². The second kappa shape index (κ2) is 6.64. The maximum absolute atomic E-state index is 9.29. The minimum atomic E-state index is -0.00315. The van der Waals surface area contributed by atoms with E-state index < -0.39 is 0 Å². The van der Waals surface area contributed by atoms with Crippen molar-refractivity contribution >= 4 is 0 Å². The summed E-state index contributed by atoms with van der Waals surface area (Å²) in [6, 6.07) is 9.89. The number of fused-ring (bicyclic) bond motifs is 2. The Morgan fingerprint density at radius 2 is 1.88 bits per heavy atom. The molecule has 0 heterocycles. The van der Waals surface area contributed by atoms with Crippen LogP contribution in [0.5, 0.6) is 11.5 Å². The summed E-state index contributed by atoms with van der Waals surface area (Å²) in [7, 11) is 3.27. The molecule has 2 bridgehead atoms. The Balaban J connectivity index is 2.11. The minimum absolute atomic E-state index is 0.00315. The molecule has 24 heavy (non-hydrogen) atoms. The van der Waals surface area contributed by atoms with Gasteiger partial charge >= 0.3 is 0 Å². The number of benzene rings is 1. The van der Waals surface area contributed by atoms with Crippen molar-refractivity contribution in [3.05, 3.63) is 59.2 Å². The van der Waals surface area contributed by atoms with Crippen LogP contribution in [0.4, 0.5) is 0 Å². The highest BCUT2D eigenvalue weighted by Gasteiger charge is 2.34. The topological polar surface area (TPSA) is 66.0 Å². The fraction of sp³-hybridized carbons (Fsp3) is 0.300. The van der Waals surface area contributed by atoms with Crippen LogP contribution >= 0.6 is 0 Å². The van der Waals surface area contributed by atoms with Crippen LogP contribution in [0.3, 0.4) is 0 Å². The van der Waals surface area contributed by atoms with E-state index in [9.17, 15) is 10.5 Å². The lowest BCUT2D eigenvalue weighted by atomic mass is 9.73. The number of hydrogen-bond acceptors (Lipinski definition) is 4. The fourth-order valence-corrected chi connectivity index (χ4v) is 3.57. The minimum Gasteiger partial charge on any atom is -0.497 e. The first-order valence-electron chi connectivity index (χ1n) is 7.84. The predicted molar refractivity (Wildman–Crippen MR) is 90.4 cm³/mol. The highest BCUT2D eigenvalue weighted by molar-refractivity contribution is 5.52. The molecule has 0 saturated carbocycles. The molecule has 0 saturated heterocycles. The standard InChI is InChI=1S/C20H18N2O2/c1-23-15-5-8-18(20(10-15)24-2)19-9-13-3-6-16(14(11-21)12-22)17(19)7-4-13/h3-8,10,13,17,19H,9H2,1-2H3. The third kappa shape index (κ3) is 2.68. The summed E-state index contributed by atoms with van der Waals surface area (Å²) in [5, 5.41) is 18.6. The van der Waals surface area contributed by atoms with E-state index in [0.29, 0.717) is 5.92 Å². The molecule has 0 aliphatic heterocycles. The summed E-state index contributed by atoms with van der Waals surface area (Å²) >= 11 is 0. The van der Waals surface area contributed by atoms with Crippen molar-refractivity contribution < 1.29 is 9.47 Å². The monoisotopic (exact) mass is 318 g/mol. The predicted octanol–water partition coefficient (Wildman–Crippen LogP) is 3.89. The second-order valence-corrected chi connectivity index (χ2v) is 5.94. The van der Waals surface area contributed by atoms with E-state index in [4.69, 9.17) is 9.47 Å². The number of ether oxygens (including phenoxy) is 2. The van der Waals surface area contributed by atoms with Crippen LogP contribution in [0.2, 0.25) is 0 Å². The second-order valence-electron chi connectivity index (χ2n) is 5.94. The lowest BCUT2D eigenvalue weighted by Gasteiger charge is -2.30. The maximum Gasteiger partial charge on any atom is 0.133 e. The number of nitrogens with zero attached hydrogens (tertiary/aromatic N) is 2. The van der Waals surface area contributed by atoms with Gasteiger partial charge < -0.3 is 9.47 Å². The Morgan fingerprint density at radius 3 is 2.54 bits per heavy atom. The average Bonchev–Trinajstić information content (AvgIpc) is 2.94. The van der Waals surface area contributed by atoms with Gasteiger partial charge in [-0.25, -0.2) is 0 Å². The molecule has 0 N–H and O–H groups in total. The van der Waals surface area contributed by atoms with Crippen LogP contribution in [0, 0.1) is 34.5 Å². The van der Waals surface area contributed by atoms with Gasteiger partial charge in [-0.1, -0.05) is 30.4 Å². The summed E-state index contributed by atoms with van der Waals surface area (Å²) in [4.78, 5) is 0. The molecule has 3 aliphatic carbocycles. The number of hydrogen-bond donors (Lipinski definition) is 0. The fourth-order valence-electron chi connectivity index (χ4n) is 3.57. The van der Waals surface area contributed by atoms with Crippen LogP contribution in [0.25, 0.3) is 0 Å². The van der Waals surface area contributed by atoms with E-state index in [1.165, 1.54) is 0 Å². The molecule has 3 atom stereocenters. The summed E-state index contributed by atoms with van der Waals surface area (Å²) in [6.45, 7) is 0. The third-order valence-electron chi connectivity index (χ3n) is 4.76. The first-order valence-corrected chi connectivity index (χ1v) is 7.84. The zero-order chi connectivity index (χ0) is 17.1. The molecular formula is C20H18N2O2. The van der Waals surface area contributed by atoms with Crippen molar-refractivity contribution in [2.75, 3.05) is 14.2 Å². The number of rotatable bonds is 3. The van der Waals surface area contributed by atoms with E-state index in [0.717, 1.165) is 29.1 Å². The number of methoxy groups -OCH3 is 2. The molecule has 1 aromatic carbocycles.